The zero-order valence-corrected chi connectivity index (χ0v) is 22.2. The molecule has 5 rings (SSSR count). The third kappa shape index (κ3) is 7.00. The predicted molar refractivity (Wildman–Crippen MR) is 152 cm³/mol. The Balaban J connectivity index is 1.16. The summed E-state index contributed by atoms with van der Waals surface area (Å²) in [5.41, 5.74) is 4.00. The highest BCUT2D eigenvalue weighted by atomic mass is 16.5. The minimum Gasteiger partial charge on any atom is -0.497 e. The van der Waals surface area contributed by atoms with Crippen LogP contribution in [0, 0.1) is 5.92 Å². The normalized spacial score (nSPS) is 14.9. The van der Waals surface area contributed by atoms with E-state index >= 15 is 0 Å². The van der Waals surface area contributed by atoms with E-state index in [0.717, 1.165) is 66.4 Å². The first-order chi connectivity index (χ1) is 19.2. The Morgan fingerprint density at radius 1 is 0.923 bits per heavy atom. The Bertz CT molecular complexity index is 1310. The van der Waals surface area contributed by atoms with Crippen LogP contribution >= 0.6 is 0 Å². The van der Waals surface area contributed by atoms with Crippen LogP contribution in [-0.2, 0) is 4.79 Å². The number of likely N-dealkylation sites (tertiary alicyclic amines) is 1. The summed E-state index contributed by atoms with van der Waals surface area (Å²) in [6.07, 6.45) is 6.67. The van der Waals surface area contributed by atoms with Gasteiger partial charge in [-0.15, -0.1) is 0 Å². The molecule has 3 aromatic carbocycles. The van der Waals surface area contributed by atoms with Crippen LogP contribution < -0.4 is 14.8 Å². The van der Waals surface area contributed by atoms with Crippen molar-refractivity contribution in [2.75, 3.05) is 33.4 Å². The fourth-order valence-corrected chi connectivity index (χ4v) is 4.93. The highest BCUT2D eigenvalue weighted by molar-refractivity contribution is 5.79. The second kappa shape index (κ2) is 13.0. The highest BCUT2D eigenvalue weighted by Gasteiger charge is 2.28. The van der Waals surface area contributed by atoms with Gasteiger partial charge in [0.2, 0.25) is 5.91 Å². The first-order valence-electron chi connectivity index (χ1n) is 13.4. The summed E-state index contributed by atoms with van der Waals surface area (Å²) >= 11 is 0. The van der Waals surface area contributed by atoms with Gasteiger partial charge in [-0.25, -0.2) is 0 Å². The monoisotopic (exact) mass is 522 g/mol. The topological polar surface area (TPSA) is 76.6 Å². The van der Waals surface area contributed by atoms with Gasteiger partial charge in [-0.05, 0) is 66.9 Å². The van der Waals surface area contributed by atoms with Crippen molar-refractivity contribution in [1.29, 1.82) is 0 Å². The number of carbonyl (C=O) groups is 1. The van der Waals surface area contributed by atoms with Gasteiger partial charge < -0.3 is 14.8 Å². The summed E-state index contributed by atoms with van der Waals surface area (Å²) in [7, 11) is 1.65. The number of amides is 1. The van der Waals surface area contributed by atoms with Gasteiger partial charge in [-0.2, -0.15) is 0 Å². The standard InChI is InChI=1S/C32H34N4O3/c1-38-28-11-13-29(14-12-28)39-22-21-36-19-15-27(16-20-36)32(37)35-31(30-23-33-17-18-34-30)26-9-7-25(8-10-26)24-5-3-2-4-6-24/h2-14,17-18,23,27,31H,15-16,19-22H2,1H3,(H,35,37). The largest absolute Gasteiger partial charge is 0.497 e. The molecular formula is C32H34N4O3. The van der Waals surface area contributed by atoms with E-state index < -0.39 is 0 Å². The SMILES string of the molecule is COc1ccc(OCCN2CCC(C(=O)NC(c3ccc(-c4ccccc4)cc3)c3cnccn3)CC2)cc1. The van der Waals surface area contributed by atoms with Crippen LogP contribution in [0.2, 0.25) is 0 Å². The third-order valence-electron chi connectivity index (χ3n) is 7.21. The summed E-state index contributed by atoms with van der Waals surface area (Å²) < 4.78 is 11.1. The summed E-state index contributed by atoms with van der Waals surface area (Å²) in [4.78, 5) is 24.5. The van der Waals surface area contributed by atoms with E-state index in [2.05, 4.69) is 56.6 Å². The Labute approximate surface area is 229 Å². The molecule has 0 radical (unpaired) electrons. The molecule has 0 spiro atoms. The van der Waals surface area contributed by atoms with Crippen LogP contribution in [-0.4, -0.2) is 54.1 Å². The average Bonchev–Trinajstić information content (AvgIpc) is 3.01. The zero-order valence-electron chi connectivity index (χ0n) is 22.2. The quantitative estimate of drug-likeness (QED) is 0.311. The molecule has 0 saturated carbocycles. The van der Waals surface area contributed by atoms with Crippen molar-refractivity contribution >= 4 is 5.91 Å². The molecule has 200 valence electrons. The van der Waals surface area contributed by atoms with Crippen molar-refractivity contribution in [2.45, 2.75) is 18.9 Å². The van der Waals surface area contributed by atoms with Gasteiger partial charge in [0.15, 0.2) is 0 Å². The molecule has 1 aliphatic rings. The molecule has 7 nitrogen and oxygen atoms in total. The molecule has 4 aromatic rings. The highest BCUT2D eigenvalue weighted by Crippen LogP contribution is 2.26. The third-order valence-corrected chi connectivity index (χ3v) is 7.21. The van der Waals surface area contributed by atoms with Crippen molar-refractivity contribution in [1.82, 2.24) is 20.2 Å². The number of rotatable bonds is 10. The zero-order chi connectivity index (χ0) is 26.9. The minimum atomic E-state index is -0.355. The molecule has 1 saturated heterocycles. The molecule has 1 aliphatic heterocycles. The van der Waals surface area contributed by atoms with Crippen molar-refractivity contribution in [3.05, 3.63) is 109 Å². The van der Waals surface area contributed by atoms with E-state index in [1.807, 2.05) is 42.5 Å². The lowest BCUT2D eigenvalue weighted by Gasteiger charge is -2.32. The molecule has 7 heteroatoms. The summed E-state index contributed by atoms with van der Waals surface area (Å²) in [6.45, 7) is 3.17. The Morgan fingerprint density at radius 2 is 1.62 bits per heavy atom. The number of aromatic nitrogens is 2. The van der Waals surface area contributed by atoms with Gasteiger partial charge in [0.05, 0.1) is 25.0 Å². The number of hydrogen-bond acceptors (Lipinski definition) is 6. The fourth-order valence-electron chi connectivity index (χ4n) is 4.93. The van der Waals surface area contributed by atoms with E-state index in [4.69, 9.17) is 9.47 Å². The number of nitrogens with zero attached hydrogens (tertiary/aromatic N) is 3. The number of carbonyl (C=O) groups excluding carboxylic acids is 1. The van der Waals surface area contributed by atoms with E-state index in [1.54, 1.807) is 25.7 Å². The van der Waals surface area contributed by atoms with E-state index in [9.17, 15) is 4.79 Å². The van der Waals surface area contributed by atoms with Crippen LogP contribution in [0.4, 0.5) is 0 Å². The van der Waals surface area contributed by atoms with Crippen LogP contribution in [0.5, 0.6) is 11.5 Å². The molecule has 2 heterocycles. The molecule has 1 unspecified atom stereocenters. The average molecular weight is 523 g/mol. The lowest BCUT2D eigenvalue weighted by Crippen LogP contribution is -2.43. The maximum atomic E-state index is 13.4. The molecule has 0 bridgehead atoms. The molecule has 1 atom stereocenters. The van der Waals surface area contributed by atoms with Crippen LogP contribution in [0.3, 0.4) is 0 Å². The maximum absolute atomic E-state index is 13.4. The number of nitrogens with one attached hydrogen (secondary N) is 1. The lowest BCUT2D eigenvalue weighted by molar-refractivity contribution is -0.127. The number of ether oxygens (including phenoxy) is 2. The Morgan fingerprint density at radius 3 is 2.28 bits per heavy atom. The predicted octanol–water partition coefficient (Wildman–Crippen LogP) is 5.15. The van der Waals surface area contributed by atoms with Crippen molar-refractivity contribution in [3.8, 4) is 22.6 Å². The maximum Gasteiger partial charge on any atom is 0.224 e. The summed E-state index contributed by atoms with van der Waals surface area (Å²) in [5, 5.41) is 3.27. The second-order valence-corrected chi connectivity index (χ2v) is 9.70. The van der Waals surface area contributed by atoms with Gasteiger partial charge in [-0.3, -0.25) is 19.7 Å². The number of benzene rings is 3. The van der Waals surface area contributed by atoms with E-state index in [-0.39, 0.29) is 17.9 Å². The van der Waals surface area contributed by atoms with E-state index in [0.29, 0.717) is 6.61 Å². The van der Waals surface area contributed by atoms with Gasteiger partial charge in [0, 0.05) is 24.9 Å². The van der Waals surface area contributed by atoms with Crippen LogP contribution in [0.15, 0.2) is 97.5 Å². The van der Waals surface area contributed by atoms with Crippen molar-refractivity contribution in [2.24, 2.45) is 5.92 Å². The van der Waals surface area contributed by atoms with Gasteiger partial charge in [0.1, 0.15) is 18.1 Å². The first kappa shape index (κ1) is 26.4. The summed E-state index contributed by atoms with van der Waals surface area (Å²) in [6, 6.07) is 25.8. The number of methoxy groups -OCH3 is 1. The van der Waals surface area contributed by atoms with Crippen LogP contribution in [0.25, 0.3) is 11.1 Å². The minimum absolute atomic E-state index is 0.0356. The molecule has 39 heavy (non-hydrogen) atoms. The number of piperidine rings is 1. The second-order valence-electron chi connectivity index (χ2n) is 9.70. The molecule has 1 amide bonds. The van der Waals surface area contributed by atoms with Gasteiger partial charge in [0.25, 0.3) is 0 Å². The van der Waals surface area contributed by atoms with Crippen molar-refractivity contribution in [3.63, 3.8) is 0 Å². The smallest absolute Gasteiger partial charge is 0.224 e. The van der Waals surface area contributed by atoms with Crippen molar-refractivity contribution < 1.29 is 14.3 Å². The Kier molecular flexibility index (Phi) is 8.81. The molecule has 1 N–H and O–H groups in total. The van der Waals surface area contributed by atoms with E-state index in [1.165, 1.54) is 0 Å². The van der Waals surface area contributed by atoms with Gasteiger partial charge >= 0.3 is 0 Å². The molecule has 1 aromatic heterocycles. The Hall–Kier alpha value is -4.23. The molecule has 0 aliphatic carbocycles. The molecule has 1 fully saturated rings. The lowest BCUT2D eigenvalue weighted by atomic mass is 9.94. The number of hydrogen-bond donors (Lipinski definition) is 1. The fraction of sp³-hybridized carbons (Fsp3) is 0.281. The molecular weight excluding hydrogens is 488 g/mol. The first-order valence-corrected chi connectivity index (χ1v) is 13.4. The van der Waals surface area contributed by atoms with Crippen LogP contribution in [0.1, 0.15) is 30.1 Å². The summed E-state index contributed by atoms with van der Waals surface area (Å²) in [5.74, 6) is 1.67. The van der Waals surface area contributed by atoms with Gasteiger partial charge in [-0.1, -0.05) is 54.6 Å².